The summed E-state index contributed by atoms with van der Waals surface area (Å²) >= 11 is 0. The van der Waals surface area contributed by atoms with Crippen molar-refractivity contribution in [2.45, 2.75) is 38.2 Å². The van der Waals surface area contributed by atoms with Crippen LogP contribution in [0, 0.1) is 18.3 Å². The molecule has 1 fully saturated rings. The molecule has 2 aromatic carbocycles. The molecule has 2 heterocycles. The molecule has 1 saturated heterocycles. The van der Waals surface area contributed by atoms with Gasteiger partial charge in [0.2, 0.25) is 5.91 Å². The molecular formula is C25H22F3N3O3. The van der Waals surface area contributed by atoms with Crippen LogP contribution >= 0.6 is 0 Å². The van der Waals surface area contributed by atoms with E-state index in [0.29, 0.717) is 17.3 Å². The number of benzene rings is 2. The third-order valence-corrected chi connectivity index (χ3v) is 5.60. The van der Waals surface area contributed by atoms with Gasteiger partial charge < -0.3 is 19.4 Å². The minimum absolute atomic E-state index is 0.155. The second-order valence-corrected chi connectivity index (χ2v) is 8.03. The average molecular weight is 469 g/mol. The minimum Gasteiger partial charge on any atom is -0.488 e. The minimum atomic E-state index is -4.70. The number of rotatable bonds is 6. The monoisotopic (exact) mass is 469 g/mol. The van der Waals surface area contributed by atoms with Crippen molar-refractivity contribution in [1.82, 2.24) is 5.32 Å². The van der Waals surface area contributed by atoms with Crippen LogP contribution < -0.4 is 15.0 Å². The summed E-state index contributed by atoms with van der Waals surface area (Å²) in [7, 11) is 0. The van der Waals surface area contributed by atoms with Gasteiger partial charge in [-0.05, 0) is 49.4 Å². The van der Waals surface area contributed by atoms with Crippen molar-refractivity contribution in [2.24, 2.45) is 0 Å². The van der Waals surface area contributed by atoms with Crippen LogP contribution in [0.1, 0.15) is 29.1 Å². The number of anilines is 1. The van der Waals surface area contributed by atoms with Crippen LogP contribution in [-0.2, 0) is 17.5 Å². The lowest BCUT2D eigenvalue weighted by molar-refractivity contribution is -0.137. The number of ether oxygens (including phenoxy) is 1. The molecule has 9 heteroatoms. The van der Waals surface area contributed by atoms with E-state index in [2.05, 4.69) is 5.32 Å². The number of aryl methyl sites for hydroxylation is 1. The van der Waals surface area contributed by atoms with Crippen molar-refractivity contribution < 1.29 is 27.1 Å². The van der Waals surface area contributed by atoms with Gasteiger partial charge in [0.1, 0.15) is 29.4 Å². The number of amides is 1. The summed E-state index contributed by atoms with van der Waals surface area (Å²) in [5.74, 6) is 1.53. The Kier molecular flexibility index (Phi) is 6.50. The number of nitrogens with one attached hydrogen (secondary N) is 1. The lowest BCUT2D eigenvalue weighted by atomic mass is 10.1. The molecule has 1 aliphatic heterocycles. The molecule has 0 saturated carbocycles. The summed E-state index contributed by atoms with van der Waals surface area (Å²) in [4.78, 5) is 14.7. The molecule has 176 valence electrons. The van der Waals surface area contributed by atoms with Gasteiger partial charge in [0.25, 0.3) is 0 Å². The fraction of sp³-hybridized carbons (Fsp3) is 0.280. The molecule has 34 heavy (non-hydrogen) atoms. The molecule has 0 bridgehead atoms. The quantitative estimate of drug-likeness (QED) is 0.560. The first-order valence-corrected chi connectivity index (χ1v) is 10.7. The molecular weight excluding hydrogens is 447 g/mol. The first kappa shape index (κ1) is 23.2. The van der Waals surface area contributed by atoms with Crippen LogP contribution in [0.4, 0.5) is 18.9 Å². The molecule has 0 radical (unpaired) electrons. The normalized spacial score (nSPS) is 17.9. The first-order valence-electron chi connectivity index (χ1n) is 10.7. The van der Waals surface area contributed by atoms with Gasteiger partial charge in [-0.3, -0.25) is 4.79 Å². The number of carbonyl (C=O) groups is 1. The average Bonchev–Trinajstić information content (AvgIpc) is 3.43. The Morgan fingerprint density at radius 2 is 1.97 bits per heavy atom. The van der Waals surface area contributed by atoms with Crippen LogP contribution in [0.2, 0.25) is 0 Å². The van der Waals surface area contributed by atoms with Crippen LogP contribution in [0.15, 0.2) is 65.1 Å². The molecule has 0 unspecified atom stereocenters. The highest BCUT2D eigenvalue weighted by atomic mass is 19.4. The zero-order chi connectivity index (χ0) is 24.3. The van der Waals surface area contributed by atoms with Crippen molar-refractivity contribution in [2.75, 3.05) is 11.4 Å². The maximum absolute atomic E-state index is 13.5. The zero-order valence-corrected chi connectivity index (χ0v) is 18.3. The van der Waals surface area contributed by atoms with Crippen LogP contribution in [0.25, 0.3) is 0 Å². The van der Waals surface area contributed by atoms with Crippen molar-refractivity contribution >= 4 is 11.6 Å². The van der Waals surface area contributed by atoms with E-state index in [1.165, 1.54) is 6.07 Å². The summed E-state index contributed by atoms with van der Waals surface area (Å²) in [6.07, 6.45) is -4.84. The number of hydrogen-bond donors (Lipinski definition) is 1. The fourth-order valence-corrected chi connectivity index (χ4v) is 4.02. The van der Waals surface area contributed by atoms with Gasteiger partial charge in [-0.15, -0.1) is 0 Å². The molecule has 6 nitrogen and oxygen atoms in total. The van der Waals surface area contributed by atoms with Gasteiger partial charge in [-0.25, -0.2) is 0 Å². The lowest BCUT2D eigenvalue weighted by Crippen LogP contribution is -2.43. The van der Waals surface area contributed by atoms with Gasteiger partial charge in [0.15, 0.2) is 0 Å². The van der Waals surface area contributed by atoms with Gasteiger partial charge in [0.05, 0.1) is 30.3 Å². The molecule has 4 rings (SSSR count). The maximum Gasteiger partial charge on any atom is 0.417 e. The van der Waals surface area contributed by atoms with Gasteiger partial charge in [0, 0.05) is 12.1 Å². The number of furan rings is 1. The Hall–Kier alpha value is -3.93. The summed E-state index contributed by atoms with van der Waals surface area (Å²) in [5, 5.41) is 11.9. The van der Waals surface area contributed by atoms with E-state index in [1.807, 2.05) is 18.2 Å². The Labute approximate surface area is 194 Å². The summed E-state index contributed by atoms with van der Waals surface area (Å²) in [6, 6.07) is 16.8. The number of nitrogens with zero attached hydrogens (tertiary/aromatic N) is 2. The smallest absolute Gasteiger partial charge is 0.417 e. The molecule has 0 aliphatic carbocycles. The Morgan fingerprint density at radius 3 is 2.62 bits per heavy atom. The number of nitriles is 1. The Bertz CT molecular complexity index is 1200. The third-order valence-electron chi connectivity index (χ3n) is 5.60. The number of halogens is 3. The van der Waals surface area contributed by atoms with Crippen molar-refractivity contribution in [3.63, 3.8) is 0 Å². The standard InChI is InChI=1S/C25H22F3N3O3/c1-16-7-10-20(33-16)14-30-24(32)23-12-21(34-19-5-3-2-4-6-19)15-31(23)18-9-8-17(13-29)22(11-18)25(26,27)28/h2-11,21,23H,12,14-15H2,1H3,(H,30,32)/t21-,23-/m0/s1. The number of carbonyl (C=O) groups excluding carboxylic acids is 1. The molecule has 3 aromatic rings. The highest BCUT2D eigenvalue weighted by Crippen LogP contribution is 2.36. The second-order valence-electron chi connectivity index (χ2n) is 8.03. The van der Waals surface area contributed by atoms with Crippen molar-refractivity contribution in [3.05, 3.63) is 83.3 Å². The van der Waals surface area contributed by atoms with Crippen molar-refractivity contribution in [3.8, 4) is 11.8 Å². The van der Waals surface area contributed by atoms with E-state index < -0.39 is 29.4 Å². The second kappa shape index (κ2) is 9.51. The number of alkyl halides is 3. The molecule has 1 aliphatic rings. The SMILES string of the molecule is Cc1ccc(CNC(=O)[C@@H]2C[C@H](Oc3ccccc3)CN2c2ccc(C#N)c(C(F)(F)F)c2)o1. The van der Waals surface area contributed by atoms with Crippen LogP contribution in [0.5, 0.6) is 5.75 Å². The molecule has 1 N–H and O–H groups in total. The lowest BCUT2D eigenvalue weighted by Gasteiger charge is -2.26. The van der Waals surface area contributed by atoms with Gasteiger partial charge >= 0.3 is 6.18 Å². The van der Waals surface area contributed by atoms with Crippen LogP contribution in [-0.4, -0.2) is 24.6 Å². The molecule has 1 aromatic heterocycles. The van der Waals surface area contributed by atoms with E-state index in [9.17, 15) is 18.0 Å². The van der Waals surface area contributed by atoms with Crippen molar-refractivity contribution in [1.29, 1.82) is 5.26 Å². The first-order chi connectivity index (χ1) is 16.2. The Balaban J connectivity index is 1.60. The predicted octanol–water partition coefficient (Wildman–Crippen LogP) is 4.82. The van der Waals surface area contributed by atoms with E-state index in [1.54, 1.807) is 42.2 Å². The molecule has 1 amide bonds. The van der Waals surface area contributed by atoms with E-state index in [0.717, 1.165) is 12.1 Å². The largest absolute Gasteiger partial charge is 0.488 e. The van der Waals surface area contributed by atoms with E-state index >= 15 is 0 Å². The zero-order valence-electron chi connectivity index (χ0n) is 18.3. The highest BCUT2D eigenvalue weighted by Gasteiger charge is 2.40. The summed E-state index contributed by atoms with van der Waals surface area (Å²) < 4.78 is 52.1. The van der Waals surface area contributed by atoms with E-state index in [-0.39, 0.29) is 31.1 Å². The predicted molar refractivity (Wildman–Crippen MR) is 118 cm³/mol. The third kappa shape index (κ3) is 5.17. The van der Waals surface area contributed by atoms with Gasteiger partial charge in [-0.1, -0.05) is 18.2 Å². The topological polar surface area (TPSA) is 78.5 Å². The highest BCUT2D eigenvalue weighted by molar-refractivity contribution is 5.86. The van der Waals surface area contributed by atoms with E-state index in [4.69, 9.17) is 14.4 Å². The van der Waals surface area contributed by atoms with Crippen LogP contribution in [0.3, 0.4) is 0 Å². The molecule has 0 spiro atoms. The molecule has 2 atom stereocenters. The number of hydrogen-bond acceptors (Lipinski definition) is 5. The fourth-order valence-electron chi connectivity index (χ4n) is 4.02. The summed E-state index contributed by atoms with van der Waals surface area (Å²) in [5.41, 5.74) is -1.31. The maximum atomic E-state index is 13.5. The van der Waals surface area contributed by atoms with Gasteiger partial charge in [-0.2, -0.15) is 18.4 Å². The summed E-state index contributed by atoms with van der Waals surface area (Å²) in [6.45, 7) is 2.15. The number of para-hydroxylation sites is 1. The Morgan fingerprint density at radius 1 is 1.21 bits per heavy atom.